The molecular formula is C25H55ClFN3O4S. The van der Waals surface area contributed by atoms with Gasteiger partial charge in [0.15, 0.2) is 0 Å². The lowest BCUT2D eigenvalue weighted by Crippen LogP contribution is -2.49. The summed E-state index contributed by atoms with van der Waals surface area (Å²) in [6, 6.07) is 0.530. The van der Waals surface area contributed by atoms with Crippen LogP contribution >= 0.6 is 23.5 Å². The van der Waals surface area contributed by atoms with Crippen LogP contribution in [0.5, 0.6) is 0 Å². The van der Waals surface area contributed by atoms with Crippen molar-refractivity contribution < 1.29 is 26.3 Å². The maximum Gasteiger partial charge on any atom is 0.116 e. The molecule has 0 bridgehead atoms. The molecule has 0 amide bonds. The molecule has 2 aliphatic carbocycles. The Balaban J connectivity index is -0.00000205. The second kappa shape index (κ2) is 20.1. The minimum atomic E-state index is -0.689. The molecule has 2 fully saturated rings. The summed E-state index contributed by atoms with van der Waals surface area (Å²) >= 11 is 7.81. The van der Waals surface area contributed by atoms with Crippen molar-refractivity contribution in [1.82, 2.24) is 14.9 Å². The third-order valence-corrected chi connectivity index (χ3v) is 8.50. The highest BCUT2D eigenvalue weighted by Crippen LogP contribution is 2.33. The normalized spacial score (nSPS) is 28.2. The summed E-state index contributed by atoms with van der Waals surface area (Å²) in [5, 5.41) is 4.23. The molecule has 0 aromatic heterocycles. The quantitative estimate of drug-likeness (QED) is 0.259. The van der Waals surface area contributed by atoms with Gasteiger partial charge in [-0.1, -0.05) is 44.9 Å². The number of nitrogens with zero attached hydrogens (tertiary/aromatic N) is 1. The monoisotopic (exact) mass is 547 g/mol. The summed E-state index contributed by atoms with van der Waals surface area (Å²) in [7, 11) is 0. The van der Waals surface area contributed by atoms with E-state index in [9.17, 15) is 4.39 Å². The van der Waals surface area contributed by atoms with Crippen molar-refractivity contribution in [2.24, 2.45) is 17.8 Å². The minimum Gasteiger partial charge on any atom is -0.412 e. The van der Waals surface area contributed by atoms with E-state index in [1.54, 1.807) is 17.5 Å². The molecule has 0 spiro atoms. The summed E-state index contributed by atoms with van der Waals surface area (Å²) in [4.78, 5) is 2.67. The van der Waals surface area contributed by atoms with E-state index in [1.165, 1.54) is 32.4 Å². The van der Waals surface area contributed by atoms with Crippen LogP contribution in [0.1, 0.15) is 72.6 Å². The van der Waals surface area contributed by atoms with Gasteiger partial charge in [-0.3, -0.25) is 4.72 Å². The zero-order valence-corrected chi connectivity index (χ0v) is 22.8. The Morgan fingerprint density at radius 1 is 1.09 bits per heavy atom. The zero-order chi connectivity index (χ0) is 21.5. The van der Waals surface area contributed by atoms with Gasteiger partial charge in [0.2, 0.25) is 0 Å². The molecule has 7 nitrogen and oxygen atoms in total. The van der Waals surface area contributed by atoms with Crippen LogP contribution in [0.25, 0.3) is 0 Å². The molecule has 10 heteroatoms. The number of hydrogen-bond donors (Lipinski definition) is 2. The first-order valence-corrected chi connectivity index (χ1v) is 13.8. The molecule has 0 radical (unpaired) electrons. The first-order chi connectivity index (χ1) is 14.5. The van der Waals surface area contributed by atoms with Crippen molar-refractivity contribution in [3.8, 4) is 0 Å². The predicted molar refractivity (Wildman–Crippen MR) is 151 cm³/mol. The topological polar surface area (TPSA) is 153 Å². The van der Waals surface area contributed by atoms with Crippen LogP contribution in [0.2, 0.25) is 0 Å². The lowest BCUT2D eigenvalue weighted by molar-refractivity contribution is 0.146. The Morgan fingerprint density at radius 2 is 1.74 bits per heavy atom. The molecule has 5 atom stereocenters. The highest BCUT2D eigenvalue weighted by Gasteiger charge is 2.31. The molecule has 214 valence electrons. The smallest absolute Gasteiger partial charge is 0.116 e. The van der Waals surface area contributed by atoms with Crippen LogP contribution in [-0.4, -0.2) is 82.9 Å². The van der Waals surface area contributed by atoms with Gasteiger partial charge in [0, 0.05) is 24.0 Å². The van der Waals surface area contributed by atoms with Crippen LogP contribution in [0.3, 0.4) is 0 Å². The Morgan fingerprint density at radius 3 is 2.29 bits per heavy atom. The zero-order valence-electron chi connectivity index (χ0n) is 21.2. The Labute approximate surface area is 222 Å². The van der Waals surface area contributed by atoms with E-state index in [0.717, 1.165) is 44.7 Å². The summed E-state index contributed by atoms with van der Waals surface area (Å²) in [5.41, 5.74) is 1.68. The molecule has 3 aliphatic rings. The number of hydrogen-bond acceptors (Lipinski definition) is 4. The number of halogens is 2. The van der Waals surface area contributed by atoms with Crippen LogP contribution in [0, 0.1) is 17.8 Å². The summed E-state index contributed by atoms with van der Waals surface area (Å²) in [5.74, 6) is 1.98. The first kappa shape index (κ1) is 39.5. The van der Waals surface area contributed by atoms with Gasteiger partial charge < -0.3 is 32.1 Å². The van der Waals surface area contributed by atoms with Gasteiger partial charge in [-0.25, -0.2) is 4.39 Å². The number of likely N-dealkylation sites (tertiary alicyclic amines) is 1. The van der Waals surface area contributed by atoms with Crippen molar-refractivity contribution in [3.05, 3.63) is 11.6 Å². The number of nitrogens with one attached hydrogen (secondary N) is 2. The maximum atomic E-state index is 14.1. The van der Waals surface area contributed by atoms with E-state index < -0.39 is 6.17 Å². The van der Waals surface area contributed by atoms with Crippen LogP contribution in [-0.2, 0) is 0 Å². The van der Waals surface area contributed by atoms with Crippen molar-refractivity contribution >= 4 is 23.5 Å². The fourth-order valence-electron chi connectivity index (χ4n) is 5.47. The van der Waals surface area contributed by atoms with Gasteiger partial charge in [0.05, 0.1) is 0 Å². The molecule has 3 rings (SSSR count). The Bertz CT molecular complexity index is 557. The Kier molecular flexibility index (Phi) is 22.7. The fraction of sp³-hybridized carbons (Fsp3) is 0.920. The van der Waals surface area contributed by atoms with E-state index in [0.29, 0.717) is 29.7 Å². The third kappa shape index (κ3) is 12.4. The van der Waals surface area contributed by atoms with Crippen LogP contribution in [0.15, 0.2) is 11.6 Å². The van der Waals surface area contributed by atoms with Gasteiger partial charge in [-0.05, 0) is 95.0 Å². The molecular weight excluding hydrogens is 493 g/mol. The van der Waals surface area contributed by atoms with Crippen molar-refractivity contribution in [1.29, 1.82) is 0 Å². The largest absolute Gasteiger partial charge is 0.412 e. The van der Waals surface area contributed by atoms with E-state index >= 15 is 0 Å². The minimum absolute atomic E-state index is 0. The van der Waals surface area contributed by atoms with E-state index in [1.807, 2.05) is 6.26 Å². The second-order valence-corrected chi connectivity index (χ2v) is 11.4. The average molecular weight is 548 g/mol. The van der Waals surface area contributed by atoms with Crippen LogP contribution < -0.4 is 10.0 Å². The van der Waals surface area contributed by atoms with E-state index in [-0.39, 0.29) is 35.4 Å². The molecule has 10 N–H and O–H groups in total. The number of piperidine rings is 1. The van der Waals surface area contributed by atoms with Gasteiger partial charge >= 0.3 is 0 Å². The number of rotatable bonds is 9. The van der Waals surface area contributed by atoms with Crippen molar-refractivity contribution in [2.75, 3.05) is 32.4 Å². The number of allylic oxidation sites excluding steroid dienone is 2. The summed E-state index contributed by atoms with van der Waals surface area (Å²) in [6.45, 7) is 9.24. The lowest BCUT2D eigenvalue weighted by Gasteiger charge is -2.38. The third-order valence-electron chi connectivity index (χ3n) is 7.57. The Hall–Kier alpha value is 0.0300. The highest BCUT2D eigenvalue weighted by molar-refractivity contribution is 7.96. The molecule has 1 saturated heterocycles. The highest BCUT2D eigenvalue weighted by atomic mass is 35.5. The predicted octanol–water partition coefficient (Wildman–Crippen LogP) is 2.74. The lowest BCUT2D eigenvalue weighted by atomic mass is 9.83. The van der Waals surface area contributed by atoms with Crippen molar-refractivity contribution in [2.45, 2.75) is 96.3 Å². The molecule has 35 heavy (non-hydrogen) atoms. The number of alkyl halides is 2. The van der Waals surface area contributed by atoms with Crippen LogP contribution in [0.4, 0.5) is 4.39 Å². The van der Waals surface area contributed by atoms with E-state index in [2.05, 4.69) is 34.9 Å². The van der Waals surface area contributed by atoms with Gasteiger partial charge in [-0.2, -0.15) is 0 Å². The van der Waals surface area contributed by atoms with Crippen molar-refractivity contribution in [3.63, 3.8) is 0 Å². The maximum absolute atomic E-state index is 14.1. The standard InChI is InChI=1S/C24H43ClFN3S.CH4.4H2O/c1-17(2)24(27-15-18-4-9-22(26)23(14-18)28-30-3)16-29-12-10-20(11-13-29)19-5-7-21(25)8-6-19;;;;;/h5,17-18,20-24,27-28H,4,6-16H2,1-3H3;1H4;4*1H2/t18?,21?,22?,23?,24-;;;;;/m0...../s1. The first-order valence-electron chi connectivity index (χ1n) is 12.2. The molecule has 1 heterocycles. The van der Waals surface area contributed by atoms with Gasteiger partial charge in [0.25, 0.3) is 0 Å². The summed E-state index contributed by atoms with van der Waals surface area (Å²) in [6.07, 6.45) is 12.4. The average Bonchev–Trinajstić information content (AvgIpc) is 2.74. The van der Waals surface area contributed by atoms with Gasteiger partial charge in [-0.15, -0.1) is 11.6 Å². The second-order valence-electron chi connectivity index (χ2n) is 10.1. The molecule has 1 aliphatic heterocycles. The summed E-state index contributed by atoms with van der Waals surface area (Å²) < 4.78 is 17.4. The molecule has 0 aromatic carbocycles. The van der Waals surface area contributed by atoms with E-state index in [4.69, 9.17) is 11.6 Å². The fourth-order valence-corrected chi connectivity index (χ4v) is 6.21. The molecule has 1 saturated carbocycles. The molecule has 0 aromatic rings. The van der Waals surface area contributed by atoms with Gasteiger partial charge in [0.1, 0.15) is 6.17 Å². The SMILES string of the molecule is C.CSNC1CC(CN[C@@H](CN2CCC(C3=CCC(Cl)CC3)CC2)C(C)C)CCC1F.O.O.O.O. The molecule has 4 unspecified atom stereocenters.